The molecule has 0 radical (unpaired) electrons. The molecule has 1 aliphatic heterocycles. The fourth-order valence-corrected chi connectivity index (χ4v) is 3.83. The Morgan fingerprint density at radius 3 is 3.04 bits per heavy atom. The summed E-state index contributed by atoms with van der Waals surface area (Å²) in [5.74, 6) is 0.771. The van der Waals surface area contributed by atoms with Crippen LogP contribution in [0.15, 0.2) is 23.0 Å². The van der Waals surface area contributed by atoms with Gasteiger partial charge in [-0.2, -0.15) is 5.10 Å². The first kappa shape index (κ1) is 14.7. The highest BCUT2D eigenvalue weighted by atomic mass is 35.5. The molecule has 2 aromatic heterocycles. The SMILES string of the molecule is C[C@H](c1[nH]nc2c1c(=O)[nH]c1ccc(Cl)cc12)C1CCCNC1. The number of aromatic amines is 2. The average molecular weight is 331 g/mol. The van der Waals surface area contributed by atoms with Crippen molar-refractivity contribution in [3.05, 3.63) is 39.3 Å². The van der Waals surface area contributed by atoms with Gasteiger partial charge in [-0.25, -0.2) is 0 Å². The van der Waals surface area contributed by atoms with Crippen LogP contribution in [-0.4, -0.2) is 28.3 Å². The van der Waals surface area contributed by atoms with E-state index in [2.05, 4.69) is 27.4 Å². The van der Waals surface area contributed by atoms with Gasteiger partial charge >= 0.3 is 0 Å². The van der Waals surface area contributed by atoms with Gasteiger partial charge in [0.1, 0.15) is 5.52 Å². The van der Waals surface area contributed by atoms with Gasteiger partial charge in [0.15, 0.2) is 0 Å². The second-order valence-corrected chi connectivity index (χ2v) is 6.84. The number of hydrogen-bond acceptors (Lipinski definition) is 3. The number of nitrogens with zero attached hydrogens (tertiary/aromatic N) is 1. The van der Waals surface area contributed by atoms with Crippen LogP contribution < -0.4 is 10.9 Å². The maximum atomic E-state index is 12.6. The number of H-pyrrole nitrogens is 2. The third kappa shape index (κ3) is 2.44. The van der Waals surface area contributed by atoms with Crippen molar-refractivity contribution in [3.63, 3.8) is 0 Å². The molecule has 6 heteroatoms. The molecule has 1 fully saturated rings. The zero-order valence-corrected chi connectivity index (χ0v) is 13.7. The van der Waals surface area contributed by atoms with Gasteiger partial charge in [0.25, 0.3) is 5.56 Å². The summed E-state index contributed by atoms with van der Waals surface area (Å²) < 4.78 is 0. The largest absolute Gasteiger partial charge is 0.321 e. The summed E-state index contributed by atoms with van der Waals surface area (Å²) in [5.41, 5.74) is 2.31. The van der Waals surface area contributed by atoms with E-state index in [0.717, 1.165) is 29.7 Å². The summed E-state index contributed by atoms with van der Waals surface area (Å²) in [6, 6.07) is 5.45. The van der Waals surface area contributed by atoms with Crippen LogP contribution in [0.1, 0.15) is 31.4 Å². The Kier molecular flexibility index (Phi) is 3.62. The minimum atomic E-state index is -0.0887. The molecule has 0 amide bonds. The molecule has 3 N–H and O–H groups in total. The zero-order valence-electron chi connectivity index (χ0n) is 12.9. The molecule has 2 atom stereocenters. The van der Waals surface area contributed by atoms with Gasteiger partial charge in [-0.05, 0) is 50.0 Å². The Morgan fingerprint density at radius 2 is 2.26 bits per heavy atom. The van der Waals surface area contributed by atoms with E-state index in [-0.39, 0.29) is 11.5 Å². The van der Waals surface area contributed by atoms with Crippen molar-refractivity contribution < 1.29 is 0 Å². The number of halogens is 1. The van der Waals surface area contributed by atoms with Crippen LogP contribution in [0.25, 0.3) is 21.8 Å². The molecule has 5 nitrogen and oxygen atoms in total. The van der Waals surface area contributed by atoms with Crippen molar-refractivity contribution in [2.24, 2.45) is 5.92 Å². The minimum Gasteiger partial charge on any atom is -0.321 e. The molecular formula is C17H19ClN4O. The number of aromatic nitrogens is 3. The van der Waals surface area contributed by atoms with Crippen molar-refractivity contribution in [2.75, 3.05) is 13.1 Å². The summed E-state index contributed by atoms with van der Waals surface area (Å²) in [4.78, 5) is 15.5. The van der Waals surface area contributed by atoms with Gasteiger partial charge in [0, 0.05) is 16.3 Å². The first-order chi connectivity index (χ1) is 11.1. The van der Waals surface area contributed by atoms with Crippen LogP contribution in [-0.2, 0) is 0 Å². The Bertz CT molecular complexity index is 923. The predicted octanol–water partition coefficient (Wildman–Crippen LogP) is 3.16. The molecule has 0 saturated carbocycles. The van der Waals surface area contributed by atoms with E-state index in [0.29, 0.717) is 21.8 Å². The highest BCUT2D eigenvalue weighted by molar-refractivity contribution is 6.31. The Labute approximate surface area is 138 Å². The molecule has 3 heterocycles. The topological polar surface area (TPSA) is 73.6 Å². The number of fused-ring (bicyclic) bond motifs is 3. The Morgan fingerprint density at radius 1 is 1.39 bits per heavy atom. The highest BCUT2D eigenvalue weighted by Crippen LogP contribution is 2.32. The van der Waals surface area contributed by atoms with Crippen molar-refractivity contribution in [2.45, 2.75) is 25.7 Å². The smallest absolute Gasteiger partial charge is 0.259 e. The van der Waals surface area contributed by atoms with Gasteiger partial charge in [-0.3, -0.25) is 9.89 Å². The second-order valence-electron chi connectivity index (χ2n) is 6.40. The summed E-state index contributed by atoms with van der Waals surface area (Å²) in [7, 11) is 0. The molecule has 4 rings (SSSR count). The molecule has 1 aliphatic rings. The summed E-state index contributed by atoms with van der Waals surface area (Å²) in [5, 5.41) is 13.2. The van der Waals surface area contributed by atoms with Crippen LogP contribution in [0.5, 0.6) is 0 Å². The fourth-order valence-electron chi connectivity index (χ4n) is 3.66. The lowest BCUT2D eigenvalue weighted by atomic mass is 9.84. The van der Waals surface area contributed by atoms with Gasteiger partial charge < -0.3 is 10.3 Å². The number of rotatable bonds is 2. The van der Waals surface area contributed by atoms with Gasteiger partial charge in [0.05, 0.1) is 16.6 Å². The maximum Gasteiger partial charge on any atom is 0.259 e. The fraction of sp³-hybridized carbons (Fsp3) is 0.412. The van der Waals surface area contributed by atoms with Crippen LogP contribution in [0.3, 0.4) is 0 Å². The van der Waals surface area contributed by atoms with Crippen LogP contribution in [0.4, 0.5) is 0 Å². The first-order valence-electron chi connectivity index (χ1n) is 8.05. The lowest BCUT2D eigenvalue weighted by Crippen LogP contribution is -2.32. The molecule has 120 valence electrons. The molecule has 1 unspecified atom stereocenters. The monoisotopic (exact) mass is 330 g/mol. The van der Waals surface area contributed by atoms with Crippen molar-refractivity contribution in [3.8, 4) is 0 Å². The quantitative estimate of drug-likeness (QED) is 0.675. The van der Waals surface area contributed by atoms with Crippen molar-refractivity contribution >= 4 is 33.4 Å². The number of nitrogens with one attached hydrogen (secondary N) is 3. The standard InChI is InChI=1S/C17H19ClN4O/c1-9(10-3-2-6-19-8-10)15-14-16(22-21-15)12-7-11(18)4-5-13(12)20-17(14)23/h4-5,7,9-10,19H,2-3,6,8H2,1H3,(H,20,23)(H,21,22)/t9-,10?/m0/s1. The summed E-state index contributed by atoms with van der Waals surface area (Å²) >= 11 is 6.11. The molecule has 23 heavy (non-hydrogen) atoms. The third-order valence-corrected chi connectivity index (χ3v) is 5.24. The van der Waals surface area contributed by atoms with E-state index in [1.54, 1.807) is 6.07 Å². The van der Waals surface area contributed by atoms with Crippen molar-refractivity contribution in [1.82, 2.24) is 20.5 Å². The summed E-state index contributed by atoms with van der Waals surface area (Å²) in [6.45, 7) is 4.24. The Hall–Kier alpha value is -1.85. The molecular weight excluding hydrogens is 312 g/mol. The molecule has 0 spiro atoms. The lowest BCUT2D eigenvalue weighted by Gasteiger charge is -2.27. The zero-order chi connectivity index (χ0) is 16.0. The second kappa shape index (κ2) is 5.65. The molecule has 0 bridgehead atoms. The molecule has 1 saturated heterocycles. The number of hydrogen-bond donors (Lipinski definition) is 3. The highest BCUT2D eigenvalue weighted by Gasteiger charge is 2.26. The van der Waals surface area contributed by atoms with E-state index in [1.165, 1.54) is 12.8 Å². The van der Waals surface area contributed by atoms with Gasteiger partial charge in [-0.1, -0.05) is 18.5 Å². The summed E-state index contributed by atoms with van der Waals surface area (Å²) in [6.07, 6.45) is 2.35. The van der Waals surface area contributed by atoms with E-state index in [9.17, 15) is 4.79 Å². The van der Waals surface area contributed by atoms with E-state index in [4.69, 9.17) is 11.6 Å². The Balaban J connectivity index is 1.90. The van der Waals surface area contributed by atoms with Crippen LogP contribution in [0, 0.1) is 5.92 Å². The van der Waals surface area contributed by atoms with E-state index < -0.39 is 0 Å². The minimum absolute atomic E-state index is 0.0887. The predicted molar refractivity (Wildman–Crippen MR) is 93.2 cm³/mol. The van der Waals surface area contributed by atoms with E-state index >= 15 is 0 Å². The number of pyridine rings is 1. The maximum absolute atomic E-state index is 12.6. The molecule has 0 aliphatic carbocycles. The lowest BCUT2D eigenvalue weighted by molar-refractivity contribution is 0.332. The van der Waals surface area contributed by atoms with Crippen molar-refractivity contribution in [1.29, 1.82) is 0 Å². The average Bonchev–Trinajstić information content (AvgIpc) is 3.02. The molecule has 3 aromatic rings. The van der Waals surface area contributed by atoms with Crippen LogP contribution in [0.2, 0.25) is 5.02 Å². The number of piperidine rings is 1. The van der Waals surface area contributed by atoms with E-state index in [1.807, 2.05) is 12.1 Å². The van der Waals surface area contributed by atoms with Crippen LogP contribution >= 0.6 is 11.6 Å². The normalized spacial score (nSPS) is 20.2. The third-order valence-electron chi connectivity index (χ3n) is 5.00. The first-order valence-corrected chi connectivity index (χ1v) is 8.43. The number of benzene rings is 1. The van der Waals surface area contributed by atoms with Gasteiger partial charge in [0.2, 0.25) is 0 Å². The molecule has 1 aromatic carbocycles. The van der Waals surface area contributed by atoms with Gasteiger partial charge in [-0.15, -0.1) is 0 Å².